The molecule has 16 heteroatoms. The maximum absolute atomic E-state index is 13.3. The summed E-state index contributed by atoms with van der Waals surface area (Å²) in [6.45, 7) is 2.40. The monoisotopic (exact) mass is 743 g/mol. The summed E-state index contributed by atoms with van der Waals surface area (Å²) in [5.74, 6) is -0.853. The summed E-state index contributed by atoms with van der Waals surface area (Å²) < 4.78 is 18.7. The third-order valence-corrected chi connectivity index (χ3v) is 9.79. The third kappa shape index (κ3) is 7.66. The molecule has 3 aliphatic heterocycles. The quantitative estimate of drug-likeness (QED) is 0.171. The number of pyridine rings is 1. The molecule has 3 N–H and O–H groups in total. The van der Waals surface area contributed by atoms with Crippen LogP contribution < -0.4 is 31.0 Å². The Balaban J connectivity index is 0.994. The Bertz CT molecular complexity index is 2040. The SMILES string of the molecule is COc1cc(-c2cn(C)c(=O)c3c2CCN(C(=O)NCCOCCNc2ccc4c(c2)C(=O)N(C2CCC(=O)NC2=O)C4=O)C3)cc(OC)c1CN(C)C. The van der Waals surface area contributed by atoms with Gasteiger partial charge in [0.2, 0.25) is 11.8 Å². The minimum absolute atomic E-state index is 0.0516. The molecule has 0 radical (unpaired) electrons. The smallest absolute Gasteiger partial charge is 0.317 e. The summed E-state index contributed by atoms with van der Waals surface area (Å²) in [5.41, 5.74) is 4.95. The highest BCUT2D eigenvalue weighted by molar-refractivity contribution is 6.23. The molecule has 0 saturated carbocycles. The molecule has 1 unspecified atom stereocenters. The summed E-state index contributed by atoms with van der Waals surface area (Å²) in [5, 5.41) is 8.21. The maximum atomic E-state index is 13.3. The summed E-state index contributed by atoms with van der Waals surface area (Å²) in [6.07, 6.45) is 2.46. The molecule has 6 amide bonds. The highest BCUT2D eigenvalue weighted by atomic mass is 16.5. The van der Waals surface area contributed by atoms with Crippen molar-refractivity contribution in [3.05, 3.63) is 74.7 Å². The standard InChI is InChI=1S/C38H45N7O9/c1-42(2)19-29-31(52-4)16-22(17-32(29)53-5)27-20-43(3)35(48)28-21-44(13-10-24(27)28)38(51)40-12-15-54-14-11-39-23-6-7-25-26(18-23)37(50)45(36(25)49)30-8-9-33(46)41-34(30)47/h6-7,16-18,20,30,39H,8-15,19,21H2,1-5H3,(H,40,51)(H,41,46,47). The van der Waals surface area contributed by atoms with Crippen molar-refractivity contribution in [1.82, 2.24) is 29.9 Å². The minimum atomic E-state index is -1.02. The average molecular weight is 744 g/mol. The van der Waals surface area contributed by atoms with Gasteiger partial charge in [0.15, 0.2) is 0 Å². The van der Waals surface area contributed by atoms with Crippen molar-refractivity contribution >= 4 is 35.3 Å². The number of amides is 6. The van der Waals surface area contributed by atoms with E-state index in [1.165, 1.54) is 6.07 Å². The van der Waals surface area contributed by atoms with E-state index in [4.69, 9.17) is 14.2 Å². The second-order valence-corrected chi connectivity index (χ2v) is 13.7. The van der Waals surface area contributed by atoms with Crippen LogP contribution in [0.3, 0.4) is 0 Å². The summed E-state index contributed by atoms with van der Waals surface area (Å²) in [7, 11) is 8.90. The van der Waals surface area contributed by atoms with Crippen LogP contribution in [0.5, 0.6) is 11.5 Å². The number of nitrogens with one attached hydrogen (secondary N) is 3. The molecule has 0 bridgehead atoms. The van der Waals surface area contributed by atoms with Gasteiger partial charge in [0.1, 0.15) is 17.5 Å². The number of aromatic nitrogens is 1. The van der Waals surface area contributed by atoms with Crippen molar-refractivity contribution in [2.24, 2.45) is 7.05 Å². The van der Waals surface area contributed by atoms with Gasteiger partial charge in [-0.1, -0.05) is 0 Å². The van der Waals surface area contributed by atoms with E-state index in [0.29, 0.717) is 55.4 Å². The molecule has 1 fully saturated rings. The molecular weight excluding hydrogens is 698 g/mol. The molecule has 4 heterocycles. The molecule has 1 atom stereocenters. The number of methoxy groups -OCH3 is 2. The summed E-state index contributed by atoms with van der Waals surface area (Å²) in [4.78, 5) is 80.8. The van der Waals surface area contributed by atoms with Crippen LogP contribution in [0.4, 0.5) is 10.5 Å². The number of hydrogen-bond acceptors (Lipinski definition) is 11. The lowest BCUT2D eigenvalue weighted by Gasteiger charge is -2.30. The van der Waals surface area contributed by atoms with Crippen LogP contribution in [-0.2, 0) is 40.9 Å². The first kappa shape index (κ1) is 38.0. The van der Waals surface area contributed by atoms with Gasteiger partial charge in [-0.25, -0.2) is 4.79 Å². The van der Waals surface area contributed by atoms with Crippen molar-refractivity contribution in [2.45, 2.75) is 38.4 Å². The third-order valence-electron chi connectivity index (χ3n) is 9.79. The predicted octanol–water partition coefficient (Wildman–Crippen LogP) is 1.73. The van der Waals surface area contributed by atoms with Gasteiger partial charge in [0.25, 0.3) is 17.4 Å². The number of anilines is 1. The van der Waals surface area contributed by atoms with E-state index < -0.39 is 29.7 Å². The van der Waals surface area contributed by atoms with E-state index >= 15 is 0 Å². The lowest BCUT2D eigenvalue weighted by molar-refractivity contribution is -0.136. The van der Waals surface area contributed by atoms with Crippen LogP contribution in [0.15, 0.2) is 41.3 Å². The Morgan fingerprint density at radius 2 is 1.61 bits per heavy atom. The number of carbonyl (C=O) groups is 5. The second kappa shape index (κ2) is 16.1. The van der Waals surface area contributed by atoms with Crippen LogP contribution in [0.1, 0.15) is 50.2 Å². The van der Waals surface area contributed by atoms with Gasteiger partial charge < -0.3 is 39.2 Å². The van der Waals surface area contributed by atoms with Gasteiger partial charge >= 0.3 is 6.03 Å². The fraction of sp³-hybridized carbons (Fsp3) is 0.421. The molecule has 0 aliphatic carbocycles. The minimum Gasteiger partial charge on any atom is -0.496 e. The van der Waals surface area contributed by atoms with Crippen LogP contribution in [0.2, 0.25) is 0 Å². The van der Waals surface area contributed by atoms with Crippen LogP contribution >= 0.6 is 0 Å². The van der Waals surface area contributed by atoms with Crippen LogP contribution in [0.25, 0.3) is 11.1 Å². The summed E-state index contributed by atoms with van der Waals surface area (Å²) >= 11 is 0. The summed E-state index contributed by atoms with van der Waals surface area (Å²) in [6, 6.07) is 7.37. The van der Waals surface area contributed by atoms with Crippen molar-refractivity contribution in [3.63, 3.8) is 0 Å². The van der Waals surface area contributed by atoms with E-state index in [9.17, 15) is 28.8 Å². The Hall–Kier alpha value is -5.74. The number of rotatable bonds is 13. The van der Waals surface area contributed by atoms with E-state index in [0.717, 1.165) is 27.2 Å². The van der Waals surface area contributed by atoms with Gasteiger partial charge in [0.05, 0.1) is 50.7 Å². The van der Waals surface area contributed by atoms with Gasteiger partial charge in [-0.15, -0.1) is 0 Å². The van der Waals surface area contributed by atoms with Gasteiger partial charge in [-0.3, -0.25) is 34.2 Å². The number of nitrogens with zero attached hydrogens (tertiary/aromatic N) is 4. The van der Waals surface area contributed by atoms with Crippen LogP contribution in [0, 0.1) is 0 Å². The average Bonchev–Trinajstić information content (AvgIpc) is 3.40. The molecule has 6 rings (SSSR count). The topological polar surface area (TPSA) is 181 Å². The Kier molecular flexibility index (Phi) is 11.3. The lowest BCUT2D eigenvalue weighted by atomic mass is 9.91. The van der Waals surface area contributed by atoms with E-state index in [-0.39, 0.29) is 55.3 Å². The number of carbonyl (C=O) groups excluding carboxylic acids is 5. The predicted molar refractivity (Wildman–Crippen MR) is 198 cm³/mol. The molecule has 54 heavy (non-hydrogen) atoms. The number of hydrogen-bond donors (Lipinski definition) is 3. The van der Waals surface area contributed by atoms with Gasteiger partial charge in [-0.05, 0) is 68.4 Å². The van der Waals surface area contributed by atoms with Crippen molar-refractivity contribution in [1.29, 1.82) is 0 Å². The number of aryl methyl sites for hydroxylation is 1. The molecular formula is C38H45N7O9. The van der Waals surface area contributed by atoms with E-state index in [1.54, 1.807) is 42.9 Å². The first-order chi connectivity index (χ1) is 25.9. The molecule has 1 saturated heterocycles. The van der Waals surface area contributed by atoms with Gasteiger partial charge in [0, 0.05) is 62.7 Å². The normalized spacial score (nSPS) is 16.7. The number of ether oxygens (including phenoxy) is 3. The molecule has 286 valence electrons. The number of piperidine rings is 1. The zero-order valence-electron chi connectivity index (χ0n) is 31.1. The Labute approximate surface area is 312 Å². The number of benzene rings is 2. The lowest BCUT2D eigenvalue weighted by Crippen LogP contribution is -2.54. The van der Waals surface area contributed by atoms with Crippen molar-refractivity contribution in [2.75, 3.05) is 66.5 Å². The number of fused-ring (bicyclic) bond motifs is 2. The fourth-order valence-electron chi connectivity index (χ4n) is 7.13. The maximum Gasteiger partial charge on any atom is 0.317 e. The van der Waals surface area contributed by atoms with Crippen molar-refractivity contribution < 1.29 is 38.2 Å². The van der Waals surface area contributed by atoms with Gasteiger partial charge in [-0.2, -0.15) is 0 Å². The molecule has 2 aromatic carbocycles. The molecule has 0 spiro atoms. The van der Waals surface area contributed by atoms with Crippen molar-refractivity contribution in [3.8, 4) is 22.6 Å². The molecule has 16 nitrogen and oxygen atoms in total. The Morgan fingerprint density at radius 3 is 2.30 bits per heavy atom. The largest absolute Gasteiger partial charge is 0.496 e. The first-order valence-corrected chi connectivity index (χ1v) is 17.7. The highest BCUT2D eigenvalue weighted by Gasteiger charge is 2.44. The Morgan fingerprint density at radius 1 is 0.907 bits per heavy atom. The van der Waals surface area contributed by atoms with E-state index in [2.05, 4.69) is 16.0 Å². The second-order valence-electron chi connectivity index (χ2n) is 13.7. The number of imide groups is 2. The first-order valence-electron chi connectivity index (χ1n) is 17.7. The van der Waals surface area contributed by atoms with Crippen LogP contribution in [-0.4, -0.2) is 116 Å². The van der Waals surface area contributed by atoms with E-state index in [1.807, 2.05) is 37.3 Å². The number of urea groups is 1. The molecule has 3 aliphatic rings. The zero-order chi connectivity index (χ0) is 38.7. The fourth-order valence-corrected chi connectivity index (χ4v) is 7.13. The highest BCUT2D eigenvalue weighted by Crippen LogP contribution is 2.38. The molecule has 3 aromatic rings. The zero-order valence-corrected chi connectivity index (χ0v) is 31.1. The molecule has 1 aromatic heterocycles.